The van der Waals surface area contributed by atoms with Crippen molar-refractivity contribution >= 4 is 12.2 Å². The highest BCUT2D eigenvalue weighted by atomic mass is 16.6. The maximum atomic E-state index is 11.3. The number of para-hydroxylation sites is 1. The molecule has 18 heavy (non-hydrogen) atoms. The Morgan fingerprint density at radius 2 is 1.72 bits per heavy atom. The van der Waals surface area contributed by atoms with E-state index in [4.69, 9.17) is 4.74 Å². The van der Waals surface area contributed by atoms with E-state index in [0.717, 1.165) is 5.01 Å². The lowest BCUT2D eigenvalue weighted by Crippen LogP contribution is -2.44. The van der Waals surface area contributed by atoms with Crippen LogP contribution in [0.5, 0.6) is 5.75 Å². The van der Waals surface area contributed by atoms with Gasteiger partial charge in [-0.15, -0.1) is 0 Å². The molecule has 100 valence electrons. The Labute approximate surface area is 106 Å². The van der Waals surface area contributed by atoms with E-state index in [-0.39, 0.29) is 0 Å². The molecule has 0 saturated heterocycles. The van der Waals surface area contributed by atoms with Crippen LogP contribution in [0.4, 0.5) is 9.59 Å². The molecule has 0 radical (unpaired) electrons. The first-order valence-electron chi connectivity index (χ1n) is 5.48. The fourth-order valence-corrected chi connectivity index (χ4v) is 0.938. The van der Waals surface area contributed by atoms with Gasteiger partial charge in [0.15, 0.2) is 0 Å². The van der Waals surface area contributed by atoms with Gasteiger partial charge in [0, 0.05) is 7.05 Å². The van der Waals surface area contributed by atoms with Crippen molar-refractivity contribution in [3.8, 4) is 5.75 Å². The third kappa shape index (κ3) is 5.74. The number of amides is 2. The van der Waals surface area contributed by atoms with Crippen molar-refractivity contribution in [2.75, 3.05) is 14.2 Å². The molecule has 0 atom stereocenters. The first-order chi connectivity index (χ1) is 8.63. The van der Waals surface area contributed by atoms with Crippen LogP contribution in [0.2, 0.25) is 0 Å². The van der Waals surface area contributed by atoms with Crippen molar-refractivity contribution in [1.82, 2.24) is 10.4 Å². The van der Waals surface area contributed by atoms with Crippen LogP contribution in [0, 0.1) is 0 Å². The Morgan fingerprint density at radius 1 is 1.17 bits per heavy atom. The molecule has 1 aromatic carbocycles. The first-order valence-corrected chi connectivity index (χ1v) is 5.48. The zero-order valence-corrected chi connectivity index (χ0v) is 11.0. The number of rotatable bonds is 1. The maximum Gasteiger partial charge on any atom is 0.431 e. The molecule has 1 N–H and O–H groups in total. The van der Waals surface area contributed by atoms with Gasteiger partial charge in [0.1, 0.15) is 5.75 Å². The third-order valence-corrected chi connectivity index (χ3v) is 1.66. The molecule has 0 bridgehead atoms. The second-order valence-corrected chi connectivity index (χ2v) is 2.84. The molecule has 2 amide bonds. The highest BCUT2D eigenvalue weighted by Gasteiger charge is 2.12. The molecular formula is C12H18N2O4. The molecule has 0 saturated carbocycles. The molecule has 0 spiro atoms. The average Bonchev–Trinajstić information content (AvgIpc) is 2.41. The lowest BCUT2D eigenvalue weighted by Gasteiger charge is -2.15. The number of carbonyl (C=O) groups is 2. The van der Waals surface area contributed by atoms with Crippen LogP contribution < -0.4 is 10.2 Å². The van der Waals surface area contributed by atoms with E-state index in [1.54, 1.807) is 30.3 Å². The van der Waals surface area contributed by atoms with Gasteiger partial charge in [-0.2, -0.15) is 0 Å². The van der Waals surface area contributed by atoms with Gasteiger partial charge in [-0.1, -0.05) is 32.0 Å². The Kier molecular flexibility index (Phi) is 7.76. The molecule has 0 fully saturated rings. The molecule has 6 heteroatoms. The van der Waals surface area contributed by atoms with E-state index in [1.165, 1.54) is 14.2 Å². The number of benzene rings is 1. The van der Waals surface area contributed by atoms with Crippen molar-refractivity contribution in [3.63, 3.8) is 0 Å². The molecule has 0 unspecified atom stereocenters. The summed E-state index contributed by atoms with van der Waals surface area (Å²) >= 11 is 0. The van der Waals surface area contributed by atoms with E-state index in [0.29, 0.717) is 5.75 Å². The van der Waals surface area contributed by atoms with Gasteiger partial charge in [-0.25, -0.2) is 20.0 Å². The number of methoxy groups -OCH3 is 1. The van der Waals surface area contributed by atoms with Crippen LogP contribution in [-0.4, -0.2) is 31.4 Å². The van der Waals surface area contributed by atoms with Gasteiger partial charge in [0.2, 0.25) is 0 Å². The summed E-state index contributed by atoms with van der Waals surface area (Å²) in [6.45, 7) is 4.00. The van der Waals surface area contributed by atoms with E-state index in [1.807, 2.05) is 13.8 Å². The minimum Gasteiger partial charge on any atom is -0.452 e. The lowest BCUT2D eigenvalue weighted by molar-refractivity contribution is 0.109. The van der Waals surface area contributed by atoms with Crippen molar-refractivity contribution in [2.45, 2.75) is 13.8 Å². The van der Waals surface area contributed by atoms with Gasteiger partial charge in [0.05, 0.1) is 7.11 Å². The van der Waals surface area contributed by atoms with E-state index < -0.39 is 12.2 Å². The number of carbonyl (C=O) groups excluding carboxylic acids is 2. The summed E-state index contributed by atoms with van der Waals surface area (Å²) in [6.07, 6.45) is -1.45. The van der Waals surface area contributed by atoms with Crippen LogP contribution in [0.15, 0.2) is 30.3 Å². The number of ether oxygens (including phenoxy) is 2. The molecular weight excluding hydrogens is 236 g/mol. The minimum atomic E-state index is -0.765. The molecule has 0 aliphatic heterocycles. The largest absolute Gasteiger partial charge is 0.452 e. The monoisotopic (exact) mass is 254 g/mol. The van der Waals surface area contributed by atoms with Gasteiger partial charge < -0.3 is 9.47 Å². The van der Waals surface area contributed by atoms with Gasteiger partial charge in [-0.3, -0.25) is 0 Å². The van der Waals surface area contributed by atoms with Crippen molar-refractivity contribution in [3.05, 3.63) is 30.3 Å². The summed E-state index contributed by atoms with van der Waals surface area (Å²) in [5.41, 5.74) is 2.18. The lowest BCUT2D eigenvalue weighted by atomic mass is 10.3. The van der Waals surface area contributed by atoms with Crippen molar-refractivity contribution < 1.29 is 19.1 Å². The average molecular weight is 254 g/mol. The smallest absolute Gasteiger partial charge is 0.431 e. The first kappa shape index (κ1) is 15.8. The van der Waals surface area contributed by atoms with Crippen LogP contribution >= 0.6 is 0 Å². The Bertz CT molecular complexity index is 368. The Hall–Kier alpha value is -2.24. The topological polar surface area (TPSA) is 67.9 Å². The molecule has 0 aliphatic rings. The van der Waals surface area contributed by atoms with Crippen LogP contribution in [-0.2, 0) is 4.74 Å². The predicted molar refractivity (Wildman–Crippen MR) is 67.1 cm³/mol. The number of nitrogens with one attached hydrogen (secondary N) is 1. The summed E-state index contributed by atoms with van der Waals surface area (Å²) in [7, 11) is 2.56. The molecule has 1 rings (SSSR count). The summed E-state index contributed by atoms with van der Waals surface area (Å²) in [4.78, 5) is 22.2. The van der Waals surface area contributed by atoms with Crippen molar-refractivity contribution in [1.29, 1.82) is 0 Å². The van der Waals surface area contributed by atoms with Gasteiger partial charge in [-0.05, 0) is 12.1 Å². The van der Waals surface area contributed by atoms with E-state index >= 15 is 0 Å². The number of hydrazine groups is 1. The van der Waals surface area contributed by atoms with E-state index in [2.05, 4.69) is 10.2 Å². The van der Waals surface area contributed by atoms with Gasteiger partial charge >= 0.3 is 12.2 Å². The van der Waals surface area contributed by atoms with Crippen molar-refractivity contribution in [2.24, 2.45) is 0 Å². The fraction of sp³-hybridized carbons (Fsp3) is 0.333. The third-order valence-electron chi connectivity index (χ3n) is 1.66. The summed E-state index contributed by atoms with van der Waals surface area (Å²) in [5, 5.41) is 0.880. The fourth-order valence-electron chi connectivity index (χ4n) is 0.938. The highest BCUT2D eigenvalue weighted by Crippen LogP contribution is 2.08. The molecule has 1 aromatic rings. The Morgan fingerprint density at radius 3 is 2.22 bits per heavy atom. The van der Waals surface area contributed by atoms with E-state index in [9.17, 15) is 9.59 Å². The summed E-state index contributed by atoms with van der Waals surface area (Å²) in [5.74, 6) is 0.387. The molecule has 0 aromatic heterocycles. The minimum absolute atomic E-state index is 0.387. The predicted octanol–water partition coefficient (Wildman–Crippen LogP) is 2.41. The van der Waals surface area contributed by atoms with Gasteiger partial charge in [0.25, 0.3) is 0 Å². The van der Waals surface area contributed by atoms with Crippen LogP contribution in [0.1, 0.15) is 13.8 Å². The van der Waals surface area contributed by atoms with Crippen LogP contribution in [0.25, 0.3) is 0 Å². The second-order valence-electron chi connectivity index (χ2n) is 2.84. The second kappa shape index (κ2) is 8.86. The quantitative estimate of drug-likeness (QED) is 0.781. The molecule has 0 aliphatic carbocycles. The highest BCUT2D eigenvalue weighted by molar-refractivity contribution is 5.75. The summed E-state index contributed by atoms with van der Waals surface area (Å²) < 4.78 is 9.26. The maximum absolute atomic E-state index is 11.3. The number of hydrogen-bond acceptors (Lipinski definition) is 4. The SMILES string of the molecule is CC.COC(=O)N(C)NC(=O)Oc1ccccc1. The summed E-state index contributed by atoms with van der Waals surface area (Å²) in [6, 6.07) is 8.50. The number of hydrogen-bond donors (Lipinski definition) is 1. The zero-order chi connectivity index (χ0) is 14.0. The molecule has 6 nitrogen and oxygen atoms in total. The standard InChI is InChI=1S/C10H12N2O4.C2H6/c1-12(10(14)15-2)11-9(13)16-8-6-4-3-5-7-8;1-2/h3-7H,1-2H3,(H,11,13);1-2H3. The molecule has 0 heterocycles. The normalized spacial score (nSPS) is 8.44. The zero-order valence-electron chi connectivity index (χ0n) is 11.0. The van der Waals surface area contributed by atoms with Crippen LogP contribution in [0.3, 0.4) is 0 Å². The Balaban J connectivity index is 0.00000137. The number of nitrogens with zero attached hydrogens (tertiary/aromatic N) is 1.